The highest BCUT2D eigenvalue weighted by Crippen LogP contribution is 2.19. The van der Waals surface area contributed by atoms with Crippen molar-refractivity contribution in [2.24, 2.45) is 0 Å². The number of likely N-dealkylation sites (N-methyl/N-ethyl adjacent to an activating group) is 1. The SMILES string of the molecule is Cc1cccc(C)c1NC(=O)CN(C)C(=O)c1cccc(NC(=O)OC(C)(C)C)c1. The second-order valence-electron chi connectivity index (χ2n) is 8.18. The van der Waals surface area contributed by atoms with Gasteiger partial charge in [0.15, 0.2) is 0 Å². The van der Waals surface area contributed by atoms with Gasteiger partial charge in [-0.05, 0) is 63.9 Å². The topological polar surface area (TPSA) is 87.7 Å². The molecule has 0 bridgehead atoms. The van der Waals surface area contributed by atoms with E-state index < -0.39 is 11.7 Å². The molecule has 3 amide bonds. The molecule has 2 aromatic carbocycles. The summed E-state index contributed by atoms with van der Waals surface area (Å²) in [6.07, 6.45) is -0.603. The summed E-state index contributed by atoms with van der Waals surface area (Å²) in [4.78, 5) is 38.4. The molecule has 2 rings (SSSR count). The van der Waals surface area contributed by atoms with Gasteiger partial charge in [-0.25, -0.2) is 4.79 Å². The number of carbonyl (C=O) groups is 3. The van der Waals surface area contributed by atoms with Crippen LogP contribution in [-0.2, 0) is 9.53 Å². The first-order valence-corrected chi connectivity index (χ1v) is 9.68. The van der Waals surface area contributed by atoms with Gasteiger partial charge in [0.2, 0.25) is 5.91 Å². The van der Waals surface area contributed by atoms with Crippen molar-refractivity contribution in [3.05, 3.63) is 59.2 Å². The van der Waals surface area contributed by atoms with Gasteiger partial charge >= 0.3 is 6.09 Å². The summed E-state index contributed by atoms with van der Waals surface area (Å²) in [6, 6.07) is 12.3. The summed E-state index contributed by atoms with van der Waals surface area (Å²) >= 11 is 0. The molecule has 2 N–H and O–H groups in total. The molecule has 0 unspecified atom stereocenters. The molecule has 30 heavy (non-hydrogen) atoms. The van der Waals surface area contributed by atoms with Gasteiger partial charge < -0.3 is 15.0 Å². The van der Waals surface area contributed by atoms with Crippen molar-refractivity contribution in [3.63, 3.8) is 0 Å². The van der Waals surface area contributed by atoms with E-state index in [-0.39, 0.29) is 18.4 Å². The van der Waals surface area contributed by atoms with Crippen LogP contribution < -0.4 is 10.6 Å². The first kappa shape index (κ1) is 22.9. The third-order valence-electron chi connectivity index (χ3n) is 4.23. The molecule has 160 valence electrons. The van der Waals surface area contributed by atoms with Gasteiger partial charge in [0.25, 0.3) is 5.91 Å². The summed E-state index contributed by atoms with van der Waals surface area (Å²) in [7, 11) is 1.56. The first-order valence-electron chi connectivity index (χ1n) is 9.68. The molecule has 0 radical (unpaired) electrons. The molecule has 0 aliphatic heterocycles. The van der Waals surface area contributed by atoms with Crippen molar-refractivity contribution in [1.82, 2.24) is 4.90 Å². The highest BCUT2D eigenvalue weighted by atomic mass is 16.6. The largest absolute Gasteiger partial charge is 0.444 e. The molecule has 0 aliphatic rings. The summed E-state index contributed by atoms with van der Waals surface area (Å²) in [5.41, 5.74) is 2.83. The summed E-state index contributed by atoms with van der Waals surface area (Å²) < 4.78 is 5.22. The molecule has 0 saturated carbocycles. The number of benzene rings is 2. The fraction of sp³-hybridized carbons (Fsp3) is 0.348. The van der Waals surface area contributed by atoms with E-state index in [0.29, 0.717) is 11.3 Å². The van der Waals surface area contributed by atoms with Crippen molar-refractivity contribution in [2.75, 3.05) is 24.2 Å². The molecule has 0 atom stereocenters. The summed E-state index contributed by atoms with van der Waals surface area (Å²) in [5.74, 6) is -0.620. The smallest absolute Gasteiger partial charge is 0.412 e. The molecule has 0 saturated heterocycles. The number of anilines is 2. The van der Waals surface area contributed by atoms with Crippen LogP contribution in [0.3, 0.4) is 0 Å². The van der Waals surface area contributed by atoms with E-state index in [4.69, 9.17) is 4.74 Å². The zero-order valence-electron chi connectivity index (χ0n) is 18.3. The minimum Gasteiger partial charge on any atom is -0.444 e. The lowest BCUT2D eigenvalue weighted by atomic mass is 10.1. The number of carbonyl (C=O) groups excluding carboxylic acids is 3. The Morgan fingerprint density at radius 2 is 1.57 bits per heavy atom. The van der Waals surface area contributed by atoms with E-state index in [1.165, 1.54) is 4.90 Å². The quantitative estimate of drug-likeness (QED) is 0.765. The Labute approximate surface area is 177 Å². The molecule has 2 aromatic rings. The Hall–Kier alpha value is -3.35. The fourth-order valence-electron chi connectivity index (χ4n) is 2.85. The molecular weight excluding hydrogens is 382 g/mol. The molecule has 0 spiro atoms. The van der Waals surface area contributed by atoms with Gasteiger partial charge in [0, 0.05) is 24.0 Å². The molecule has 7 heteroatoms. The minimum absolute atomic E-state index is 0.101. The molecule has 0 aromatic heterocycles. The van der Waals surface area contributed by atoms with E-state index >= 15 is 0 Å². The Bertz CT molecular complexity index is 927. The minimum atomic E-state index is -0.624. The Morgan fingerprint density at radius 1 is 0.967 bits per heavy atom. The lowest BCUT2D eigenvalue weighted by Crippen LogP contribution is -2.35. The van der Waals surface area contributed by atoms with E-state index in [1.807, 2.05) is 32.0 Å². The van der Waals surface area contributed by atoms with Crippen LogP contribution in [0, 0.1) is 13.8 Å². The molecule has 0 heterocycles. The average Bonchev–Trinajstić information content (AvgIpc) is 2.62. The highest BCUT2D eigenvalue weighted by molar-refractivity contribution is 6.00. The average molecular weight is 412 g/mol. The van der Waals surface area contributed by atoms with E-state index in [0.717, 1.165) is 16.8 Å². The molecule has 7 nitrogen and oxygen atoms in total. The predicted octanol–water partition coefficient (Wildman–Crippen LogP) is 4.36. The summed E-state index contributed by atoms with van der Waals surface area (Å²) in [6.45, 7) is 9.04. The molecule has 0 aliphatic carbocycles. The van der Waals surface area contributed by atoms with Crippen LogP contribution in [0.25, 0.3) is 0 Å². The van der Waals surface area contributed by atoms with E-state index in [1.54, 1.807) is 52.1 Å². The number of nitrogens with zero attached hydrogens (tertiary/aromatic N) is 1. The third kappa shape index (κ3) is 6.62. The van der Waals surface area contributed by atoms with Crippen LogP contribution in [0.5, 0.6) is 0 Å². The first-order chi connectivity index (χ1) is 14.0. The summed E-state index contributed by atoms with van der Waals surface area (Å²) in [5, 5.41) is 5.48. The van der Waals surface area contributed by atoms with Crippen molar-refractivity contribution >= 4 is 29.3 Å². The van der Waals surface area contributed by atoms with E-state index in [9.17, 15) is 14.4 Å². The number of hydrogen-bond acceptors (Lipinski definition) is 4. The van der Waals surface area contributed by atoms with E-state index in [2.05, 4.69) is 10.6 Å². The number of hydrogen-bond donors (Lipinski definition) is 2. The van der Waals surface area contributed by atoms with Crippen molar-refractivity contribution in [1.29, 1.82) is 0 Å². The van der Waals surface area contributed by atoms with Crippen molar-refractivity contribution < 1.29 is 19.1 Å². The highest BCUT2D eigenvalue weighted by Gasteiger charge is 2.19. The van der Waals surface area contributed by atoms with Gasteiger partial charge in [-0.3, -0.25) is 14.9 Å². The van der Waals surface area contributed by atoms with Crippen LogP contribution in [-0.4, -0.2) is 42.0 Å². The zero-order chi connectivity index (χ0) is 22.5. The lowest BCUT2D eigenvalue weighted by molar-refractivity contribution is -0.116. The fourth-order valence-corrected chi connectivity index (χ4v) is 2.85. The second-order valence-corrected chi connectivity index (χ2v) is 8.18. The number of ether oxygens (including phenoxy) is 1. The van der Waals surface area contributed by atoms with Crippen LogP contribution in [0.4, 0.5) is 16.2 Å². The third-order valence-corrected chi connectivity index (χ3v) is 4.23. The maximum atomic E-state index is 12.7. The normalized spacial score (nSPS) is 10.9. The second kappa shape index (κ2) is 9.43. The predicted molar refractivity (Wildman–Crippen MR) is 118 cm³/mol. The monoisotopic (exact) mass is 411 g/mol. The van der Waals surface area contributed by atoms with Gasteiger partial charge in [0.1, 0.15) is 5.60 Å². The Balaban J connectivity index is 2.02. The van der Waals surface area contributed by atoms with Gasteiger partial charge in [0.05, 0.1) is 6.54 Å². The van der Waals surface area contributed by atoms with Crippen LogP contribution in [0.2, 0.25) is 0 Å². The van der Waals surface area contributed by atoms with Gasteiger partial charge in [-0.15, -0.1) is 0 Å². The van der Waals surface area contributed by atoms with Crippen molar-refractivity contribution in [2.45, 2.75) is 40.2 Å². The number of aryl methyl sites for hydroxylation is 2. The lowest BCUT2D eigenvalue weighted by Gasteiger charge is -2.20. The number of para-hydroxylation sites is 1. The van der Waals surface area contributed by atoms with Gasteiger partial charge in [-0.2, -0.15) is 0 Å². The number of amides is 3. The maximum absolute atomic E-state index is 12.7. The molecule has 0 fully saturated rings. The molecular formula is C23H29N3O4. The Morgan fingerprint density at radius 3 is 2.17 bits per heavy atom. The number of rotatable bonds is 5. The van der Waals surface area contributed by atoms with Crippen LogP contribution >= 0.6 is 0 Å². The van der Waals surface area contributed by atoms with Crippen LogP contribution in [0.15, 0.2) is 42.5 Å². The zero-order valence-corrected chi connectivity index (χ0v) is 18.3. The Kier molecular flexibility index (Phi) is 7.21. The van der Waals surface area contributed by atoms with Crippen molar-refractivity contribution in [3.8, 4) is 0 Å². The van der Waals surface area contributed by atoms with Crippen LogP contribution in [0.1, 0.15) is 42.3 Å². The number of nitrogens with one attached hydrogen (secondary N) is 2. The standard InChI is InChI=1S/C23H29N3O4/c1-15-9-7-10-16(2)20(15)25-19(27)14-26(6)21(28)17-11-8-12-18(13-17)24-22(29)30-23(3,4)5/h7-13H,14H2,1-6H3,(H,24,29)(H,25,27). The van der Waals surface area contributed by atoms with Gasteiger partial charge in [-0.1, -0.05) is 24.3 Å². The maximum Gasteiger partial charge on any atom is 0.412 e.